The molecule has 1 saturated heterocycles. The zero-order chi connectivity index (χ0) is 13.8. The van der Waals surface area contributed by atoms with Gasteiger partial charge in [-0.3, -0.25) is 4.79 Å². The molecule has 2 rings (SSSR count). The summed E-state index contributed by atoms with van der Waals surface area (Å²) < 4.78 is 14.3. The lowest BCUT2D eigenvalue weighted by molar-refractivity contribution is -0.137. The van der Waals surface area contributed by atoms with Crippen molar-refractivity contribution < 1.29 is 14.3 Å². The van der Waals surface area contributed by atoms with Gasteiger partial charge in [0.05, 0.1) is 12.1 Å². The van der Waals surface area contributed by atoms with Crippen molar-refractivity contribution in [3.8, 4) is 0 Å². The van der Waals surface area contributed by atoms with Crippen LogP contribution < -0.4 is 4.90 Å². The Balaban J connectivity index is 2.29. The molecule has 0 aliphatic carbocycles. The molecule has 1 aliphatic rings. The molecule has 0 saturated carbocycles. The van der Waals surface area contributed by atoms with Crippen LogP contribution in [-0.4, -0.2) is 33.6 Å². The lowest BCUT2D eigenvalue weighted by Gasteiger charge is -2.36. The normalized spacial score (nSPS) is 19.5. The summed E-state index contributed by atoms with van der Waals surface area (Å²) in [7, 11) is 0. The van der Waals surface area contributed by atoms with E-state index in [4.69, 9.17) is 5.11 Å². The fourth-order valence-corrected chi connectivity index (χ4v) is 2.54. The number of anilines is 1. The Morgan fingerprint density at radius 3 is 3.00 bits per heavy atom. The number of halogens is 1. The van der Waals surface area contributed by atoms with Gasteiger partial charge in [0.25, 0.3) is 0 Å². The van der Waals surface area contributed by atoms with Gasteiger partial charge in [0.15, 0.2) is 11.6 Å². The average molecular weight is 267 g/mol. The number of aromatic nitrogens is 2. The van der Waals surface area contributed by atoms with Crippen LogP contribution in [0.2, 0.25) is 0 Å². The standard InChI is InChI=1S/C13H18FN3O2/c1-2-10-12(14)13(16-8-15-10)17-6-4-3-5-9(17)7-11(18)19/h8-9H,2-7H2,1H3,(H,18,19). The highest BCUT2D eigenvalue weighted by molar-refractivity contribution is 5.68. The van der Waals surface area contributed by atoms with Crippen LogP contribution >= 0.6 is 0 Å². The number of rotatable bonds is 4. The number of carbonyl (C=O) groups is 1. The number of aliphatic carboxylic acids is 1. The molecule has 1 fully saturated rings. The van der Waals surface area contributed by atoms with E-state index in [1.54, 1.807) is 4.90 Å². The molecule has 6 heteroatoms. The van der Waals surface area contributed by atoms with Crippen LogP contribution in [0, 0.1) is 5.82 Å². The van der Waals surface area contributed by atoms with Crippen molar-refractivity contribution in [2.24, 2.45) is 0 Å². The van der Waals surface area contributed by atoms with Crippen LogP contribution in [0.25, 0.3) is 0 Å². The first-order valence-corrected chi connectivity index (χ1v) is 6.61. The minimum atomic E-state index is -0.859. The smallest absolute Gasteiger partial charge is 0.305 e. The molecule has 2 heterocycles. The van der Waals surface area contributed by atoms with Crippen LogP contribution in [-0.2, 0) is 11.2 Å². The summed E-state index contributed by atoms with van der Waals surface area (Å²) in [5, 5.41) is 8.95. The van der Waals surface area contributed by atoms with Crippen molar-refractivity contribution in [2.45, 2.75) is 45.1 Å². The van der Waals surface area contributed by atoms with Gasteiger partial charge in [-0.15, -0.1) is 0 Å². The van der Waals surface area contributed by atoms with Crippen LogP contribution in [0.5, 0.6) is 0 Å². The van der Waals surface area contributed by atoms with Gasteiger partial charge in [-0.05, 0) is 25.7 Å². The molecule has 19 heavy (non-hydrogen) atoms. The molecule has 5 nitrogen and oxygen atoms in total. The fourth-order valence-electron chi connectivity index (χ4n) is 2.54. The Kier molecular flexibility index (Phi) is 4.29. The van der Waals surface area contributed by atoms with Gasteiger partial charge >= 0.3 is 5.97 Å². The van der Waals surface area contributed by atoms with E-state index in [1.165, 1.54) is 6.33 Å². The summed E-state index contributed by atoms with van der Waals surface area (Å²) in [6.07, 6.45) is 4.54. The third-order valence-electron chi connectivity index (χ3n) is 3.49. The van der Waals surface area contributed by atoms with E-state index in [-0.39, 0.29) is 18.3 Å². The number of aryl methyl sites for hydroxylation is 1. The van der Waals surface area contributed by atoms with Gasteiger partial charge < -0.3 is 10.0 Å². The Bertz CT molecular complexity index is 467. The van der Waals surface area contributed by atoms with E-state index in [1.807, 2.05) is 6.92 Å². The fraction of sp³-hybridized carbons (Fsp3) is 0.615. The lowest BCUT2D eigenvalue weighted by atomic mass is 9.99. The van der Waals surface area contributed by atoms with Gasteiger partial charge in [-0.2, -0.15) is 0 Å². The largest absolute Gasteiger partial charge is 0.481 e. The molecule has 0 radical (unpaired) electrons. The van der Waals surface area contributed by atoms with Gasteiger partial charge in [0.1, 0.15) is 6.33 Å². The number of piperidine rings is 1. The third-order valence-corrected chi connectivity index (χ3v) is 3.49. The Hall–Kier alpha value is -1.72. The first kappa shape index (κ1) is 13.7. The molecule has 0 amide bonds. The molecule has 1 unspecified atom stereocenters. The summed E-state index contributed by atoms with van der Waals surface area (Å²) in [5.41, 5.74) is 0.379. The quantitative estimate of drug-likeness (QED) is 0.904. The van der Waals surface area contributed by atoms with Crippen LogP contribution in [0.4, 0.5) is 10.2 Å². The summed E-state index contributed by atoms with van der Waals surface area (Å²) >= 11 is 0. The van der Waals surface area contributed by atoms with E-state index in [0.29, 0.717) is 18.7 Å². The Labute approximate surface area is 111 Å². The van der Waals surface area contributed by atoms with Crippen molar-refractivity contribution in [3.63, 3.8) is 0 Å². The molecule has 0 bridgehead atoms. The lowest BCUT2D eigenvalue weighted by Crippen LogP contribution is -2.42. The number of nitrogens with zero attached hydrogens (tertiary/aromatic N) is 3. The van der Waals surface area contributed by atoms with E-state index in [0.717, 1.165) is 19.3 Å². The molecule has 0 spiro atoms. The van der Waals surface area contributed by atoms with Crippen molar-refractivity contribution in [1.29, 1.82) is 0 Å². The van der Waals surface area contributed by atoms with Crippen molar-refractivity contribution >= 4 is 11.8 Å². The zero-order valence-corrected chi connectivity index (χ0v) is 11.0. The van der Waals surface area contributed by atoms with E-state index >= 15 is 0 Å². The summed E-state index contributed by atoms with van der Waals surface area (Å²) in [6.45, 7) is 2.48. The molecule has 1 aromatic heterocycles. The SMILES string of the molecule is CCc1ncnc(N2CCCCC2CC(=O)O)c1F. The van der Waals surface area contributed by atoms with Crippen molar-refractivity contribution in [3.05, 3.63) is 17.8 Å². The minimum absolute atomic E-state index is 0.0188. The number of hydrogen-bond donors (Lipinski definition) is 1. The summed E-state index contributed by atoms with van der Waals surface area (Å²) in [5.74, 6) is -1.03. The topological polar surface area (TPSA) is 66.3 Å². The number of carboxylic acids is 1. The molecule has 104 valence electrons. The maximum atomic E-state index is 14.3. The summed E-state index contributed by atoms with van der Waals surface area (Å²) in [4.78, 5) is 20.6. The third kappa shape index (κ3) is 3.00. The van der Waals surface area contributed by atoms with Gasteiger partial charge in [-0.1, -0.05) is 6.92 Å². The second-order valence-corrected chi connectivity index (χ2v) is 4.75. The highest BCUT2D eigenvalue weighted by Gasteiger charge is 2.28. The van der Waals surface area contributed by atoms with Crippen LogP contribution in [0.15, 0.2) is 6.33 Å². The Morgan fingerprint density at radius 2 is 2.32 bits per heavy atom. The maximum Gasteiger partial charge on any atom is 0.305 e. The summed E-state index contributed by atoms with van der Waals surface area (Å²) in [6, 6.07) is -0.180. The number of carboxylic acid groups (broad SMARTS) is 1. The highest BCUT2D eigenvalue weighted by Crippen LogP contribution is 2.27. The molecule has 1 aromatic rings. The highest BCUT2D eigenvalue weighted by atomic mass is 19.1. The van der Waals surface area contributed by atoms with Gasteiger partial charge in [0.2, 0.25) is 0 Å². The van der Waals surface area contributed by atoms with Crippen LogP contribution in [0.3, 0.4) is 0 Å². The second-order valence-electron chi connectivity index (χ2n) is 4.75. The first-order chi connectivity index (χ1) is 9.13. The predicted molar refractivity (Wildman–Crippen MR) is 68.6 cm³/mol. The van der Waals surface area contributed by atoms with E-state index in [2.05, 4.69) is 9.97 Å². The van der Waals surface area contributed by atoms with E-state index in [9.17, 15) is 9.18 Å². The molecule has 1 N–H and O–H groups in total. The first-order valence-electron chi connectivity index (χ1n) is 6.61. The number of hydrogen-bond acceptors (Lipinski definition) is 4. The molecule has 0 aromatic carbocycles. The maximum absolute atomic E-state index is 14.3. The van der Waals surface area contributed by atoms with Crippen molar-refractivity contribution in [2.75, 3.05) is 11.4 Å². The molecular formula is C13H18FN3O2. The van der Waals surface area contributed by atoms with Crippen molar-refractivity contribution in [1.82, 2.24) is 9.97 Å². The predicted octanol–water partition coefficient (Wildman–Crippen LogP) is 2.01. The zero-order valence-electron chi connectivity index (χ0n) is 11.0. The van der Waals surface area contributed by atoms with E-state index < -0.39 is 11.8 Å². The Morgan fingerprint density at radius 1 is 1.53 bits per heavy atom. The molecular weight excluding hydrogens is 249 g/mol. The van der Waals surface area contributed by atoms with Gasteiger partial charge in [-0.25, -0.2) is 14.4 Å². The molecule has 1 atom stereocenters. The van der Waals surface area contributed by atoms with Gasteiger partial charge in [0, 0.05) is 12.6 Å². The second kappa shape index (κ2) is 5.95. The monoisotopic (exact) mass is 267 g/mol. The minimum Gasteiger partial charge on any atom is -0.481 e. The average Bonchev–Trinajstić information content (AvgIpc) is 2.39. The molecule has 1 aliphatic heterocycles. The van der Waals surface area contributed by atoms with Crippen LogP contribution in [0.1, 0.15) is 38.3 Å².